The first-order chi connectivity index (χ1) is 31.4. The summed E-state index contributed by atoms with van der Waals surface area (Å²) in [4.78, 5) is 72.6. The fraction of sp³-hybridized carbons (Fsp3) is 0.367. The number of benzene rings is 2. The Morgan fingerprint density at radius 1 is 0.924 bits per heavy atom. The van der Waals surface area contributed by atoms with E-state index in [-0.39, 0.29) is 31.3 Å². The number of aryl methyl sites for hydroxylation is 3. The molecule has 342 valence electrons. The van der Waals surface area contributed by atoms with Crippen LogP contribution in [0.4, 0.5) is 0 Å². The molecule has 0 aliphatic carbocycles. The summed E-state index contributed by atoms with van der Waals surface area (Å²) < 4.78 is 7.01. The van der Waals surface area contributed by atoms with Crippen molar-refractivity contribution in [3.63, 3.8) is 0 Å². The number of aromatic nitrogens is 5. The van der Waals surface area contributed by atoms with Crippen LogP contribution in [0, 0.1) is 33.1 Å². The van der Waals surface area contributed by atoms with Crippen molar-refractivity contribution in [3.8, 4) is 26.7 Å². The highest BCUT2D eigenvalue weighted by atomic mass is 32.1. The molecule has 17 heteroatoms. The van der Waals surface area contributed by atoms with Gasteiger partial charge < -0.3 is 25.4 Å². The standard InChI is InChI=1S/C49H53N9O6S2/c1-25-28(4)66-48-40(25)41(53-37(22-39(60)64-9)44-56-55-29(5)58(44)48)32-14-12-31(13-15-32)36-20-34(18-19-50-36)45(61)54-43(49(6,7)8)47(63)57-23-35(59)21-38(57)46(62)52-26(2)30-10-16-33(17-11-30)42-27(3)51-24-65-42/h10-20,24,26,35,37-38,43,59H,21-23H2,1-9H3,(H,52,62)(H,54,61)/t26-,35+,37-,38-,43+/m0/s1. The van der Waals surface area contributed by atoms with Gasteiger partial charge in [-0.1, -0.05) is 69.3 Å². The number of fused-ring (bicyclic) bond motifs is 3. The van der Waals surface area contributed by atoms with Crippen molar-refractivity contribution in [3.05, 3.63) is 122 Å². The lowest BCUT2D eigenvalue weighted by molar-refractivity contribution is -0.142. The number of hydrogen-bond acceptors (Lipinski definition) is 13. The molecule has 15 nitrogen and oxygen atoms in total. The molecular formula is C49H53N9O6S2. The molecule has 6 aromatic rings. The molecule has 2 aliphatic rings. The minimum atomic E-state index is -1.03. The Balaban J connectivity index is 0.994. The minimum absolute atomic E-state index is 0.0102. The number of nitrogens with zero attached hydrogens (tertiary/aromatic N) is 7. The van der Waals surface area contributed by atoms with E-state index in [1.54, 1.807) is 41.0 Å². The van der Waals surface area contributed by atoms with Gasteiger partial charge in [-0.2, -0.15) is 0 Å². The van der Waals surface area contributed by atoms with E-state index in [1.807, 2.05) is 100 Å². The molecule has 1 saturated heterocycles. The van der Waals surface area contributed by atoms with E-state index in [2.05, 4.69) is 44.6 Å². The summed E-state index contributed by atoms with van der Waals surface area (Å²) >= 11 is 3.19. The fourth-order valence-corrected chi connectivity index (χ4v) is 10.5. The highest BCUT2D eigenvalue weighted by Crippen LogP contribution is 2.40. The Bertz CT molecular complexity index is 2860. The van der Waals surface area contributed by atoms with E-state index < -0.39 is 47.4 Å². The van der Waals surface area contributed by atoms with Crippen LogP contribution in [0.5, 0.6) is 0 Å². The molecule has 0 spiro atoms. The van der Waals surface area contributed by atoms with E-state index in [4.69, 9.17) is 9.73 Å². The smallest absolute Gasteiger partial charge is 0.308 e. The predicted molar refractivity (Wildman–Crippen MR) is 254 cm³/mol. The number of thiophene rings is 1. The number of likely N-dealkylation sites (tertiary alicyclic amines) is 1. The van der Waals surface area contributed by atoms with Crippen molar-refractivity contribution in [2.75, 3.05) is 13.7 Å². The third kappa shape index (κ3) is 9.06. The van der Waals surface area contributed by atoms with Crippen LogP contribution in [0.2, 0.25) is 0 Å². The fourth-order valence-electron chi connectivity index (χ4n) is 8.52. The average molecular weight is 928 g/mol. The summed E-state index contributed by atoms with van der Waals surface area (Å²) in [7, 11) is 1.35. The SMILES string of the molecule is COC(=O)C[C@@H]1N=C(c2ccc(-c3cc(C(=O)N[C@H](C(=O)N4C[C@H](O)C[C@H]4C(=O)N[C@@H](C)c4ccc(-c5scnc5C)cc4)C(C)(C)C)ccn3)cc2)c2c(sc(C)c2C)-n2c(C)nnc21. The van der Waals surface area contributed by atoms with Gasteiger partial charge in [-0.25, -0.2) is 4.98 Å². The predicted octanol–water partition coefficient (Wildman–Crippen LogP) is 7.19. The van der Waals surface area contributed by atoms with Crippen LogP contribution >= 0.6 is 22.7 Å². The second-order valence-electron chi connectivity index (χ2n) is 18.0. The van der Waals surface area contributed by atoms with E-state index in [0.29, 0.717) is 28.6 Å². The highest BCUT2D eigenvalue weighted by Gasteiger charge is 2.45. The van der Waals surface area contributed by atoms with Crippen LogP contribution in [0.15, 0.2) is 77.4 Å². The number of β-amino-alcohol motifs (C(OH)–C–C–N with tert-alkyl or cyclic N) is 1. The maximum atomic E-state index is 14.4. The zero-order valence-electron chi connectivity index (χ0n) is 38.4. The second kappa shape index (κ2) is 18.5. The maximum Gasteiger partial charge on any atom is 0.308 e. The maximum absolute atomic E-state index is 14.4. The van der Waals surface area contributed by atoms with Gasteiger partial charge in [0.25, 0.3) is 5.91 Å². The van der Waals surface area contributed by atoms with Crippen LogP contribution in [-0.4, -0.2) is 96.0 Å². The number of carbonyl (C=O) groups excluding carboxylic acids is 4. The zero-order chi connectivity index (χ0) is 47.2. The van der Waals surface area contributed by atoms with E-state index in [1.165, 1.54) is 12.0 Å². The molecule has 66 heavy (non-hydrogen) atoms. The summed E-state index contributed by atoms with van der Waals surface area (Å²) in [5.74, 6) is -0.487. The van der Waals surface area contributed by atoms with Gasteiger partial charge in [-0.15, -0.1) is 32.9 Å². The second-order valence-corrected chi connectivity index (χ2v) is 20.0. The molecule has 8 rings (SSSR count). The van der Waals surface area contributed by atoms with Gasteiger partial charge >= 0.3 is 5.97 Å². The van der Waals surface area contributed by atoms with Gasteiger partial charge in [-0.3, -0.25) is 33.7 Å². The molecule has 4 aromatic heterocycles. The lowest BCUT2D eigenvalue weighted by Crippen LogP contribution is -2.57. The van der Waals surface area contributed by atoms with Crippen LogP contribution < -0.4 is 10.6 Å². The molecule has 0 radical (unpaired) electrons. The molecule has 5 atom stereocenters. The third-order valence-corrected chi connectivity index (χ3v) is 14.5. The molecule has 0 unspecified atom stereocenters. The van der Waals surface area contributed by atoms with Crippen molar-refractivity contribution >= 4 is 52.1 Å². The lowest BCUT2D eigenvalue weighted by atomic mass is 9.85. The number of hydrogen-bond donors (Lipinski definition) is 3. The van der Waals surface area contributed by atoms with Crippen LogP contribution in [0.1, 0.15) is 107 Å². The number of esters is 1. The molecule has 0 saturated carbocycles. The van der Waals surface area contributed by atoms with Gasteiger partial charge in [0.05, 0.1) is 53.2 Å². The topological polar surface area (TPSA) is 194 Å². The number of aliphatic imine (C=N–C) groups is 1. The van der Waals surface area contributed by atoms with Gasteiger partial charge in [0.2, 0.25) is 11.8 Å². The number of aliphatic hydroxyl groups is 1. The third-order valence-electron chi connectivity index (χ3n) is 12.3. The van der Waals surface area contributed by atoms with Crippen molar-refractivity contribution in [1.82, 2.24) is 40.3 Å². The van der Waals surface area contributed by atoms with E-state index in [0.717, 1.165) is 53.8 Å². The summed E-state index contributed by atoms with van der Waals surface area (Å²) in [5.41, 5.74) is 9.04. The molecule has 3 amide bonds. The van der Waals surface area contributed by atoms with Crippen molar-refractivity contribution in [1.29, 1.82) is 0 Å². The number of aliphatic hydroxyl groups excluding tert-OH is 1. The Morgan fingerprint density at radius 2 is 1.62 bits per heavy atom. The van der Waals surface area contributed by atoms with Crippen LogP contribution in [-0.2, 0) is 19.1 Å². The highest BCUT2D eigenvalue weighted by molar-refractivity contribution is 7.15. The summed E-state index contributed by atoms with van der Waals surface area (Å²) in [6, 6.07) is 15.9. The minimum Gasteiger partial charge on any atom is -0.469 e. The van der Waals surface area contributed by atoms with Gasteiger partial charge in [0, 0.05) is 46.3 Å². The van der Waals surface area contributed by atoms with Gasteiger partial charge in [0.1, 0.15) is 29.0 Å². The first-order valence-corrected chi connectivity index (χ1v) is 23.5. The molecule has 0 bridgehead atoms. The quantitative estimate of drug-likeness (QED) is 0.112. The summed E-state index contributed by atoms with van der Waals surface area (Å²) in [6.07, 6.45) is 0.702. The molecular weight excluding hydrogens is 875 g/mol. The molecule has 1 fully saturated rings. The van der Waals surface area contributed by atoms with Crippen molar-refractivity contribution in [2.45, 2.75) is 98.5 Å². The first-order valence-electron chi connectivity index (χ1n) is 21.8. The lowest BCUT2D eigenvalue weighted by Gasteiger charge is -2.35. The molecule has 3 N–H and O–H groups in total. The average Bonchev–Trinajstić information content (AvgIpc) is 4.07. The van der Waals surface area contributed by atoms with E-state index in [9.17, 15) is 24.3 Å². The number of nitrogens with one attached hydrogen (secondary N) is 2. The number of ether oxygens (including phenoxy) is 1. The Morgan fingerprint density at radius 3 is 2.29 bits per heavy atom. The summed E-state index contributed by atoms with van der Waals surface area (Å²) in [5, 5.41) is 26.5. The number of carbonyl (C=O) groups is 4. The number of amides is 3. The first kappa shape index (κ1) is 46.1. The zero-order valence-corrected chi connectivity index (χ0v) is 40.0. The van der Waals surface area contributed by atoms with Gasteiger partial charge in [0.15, 0.2) is 5.82 Å². The number of methoxy groups -OCH3 is 1. The normalized spacial score (nSPS) is 17.8. The van der Waals surface area contributed by atoms with Crippen molar-refractivity contribution < 1.29 is 29.0 Å². The number of thiazole rings is 1. The molecule has 6 heterocycles. The van der Waals surface area contributed by atoms with Gasteiger partial charge in [-0.05, 0) is 68.9 Å². The summed E-state index contributed by atoms with van der Waals surface area (Å²) in [6.45, 7) is 15.4. The van der Waals surface area contributed by atoms with Crippen LogP contribution in [0.3, 0.4) is 0 Å². The molecule has 2 aromatic carbocycles. The number of pyridine rings is 1. The van der Waals surface area contributed by atoms with E-state index >= 15 is 0 Å². The Labute approximate surface area is 391 Å². The Kier molecular flexibility index (Phi) is 12.9. The largest absolute Gasteiger partial charge is 0.469 e. The Hall–Kier alpha value is -6.43. The van der Waals surface area contributed by atoms with Crippen LogP contribution in [0.25, 0.3) is 26.7 Å². The number of rotatable bonds is 11. The molecule has 2 aliphatic heterocycles. The monoisotopic (exact) mass is 927 g/mol. The van der Waals surface area contributed by atoms with Crippen molar-refractivity contribution in [2.24, 2.45) is 10.4 Å².